The van der Waals surface area contributed by atoms with Crippen LogP contribution in [0.25, 0.3) is 0 Å². The molecule has 39 heavy (non-hydrogen) atoms. The third kappa shape index (κ3) is 20.4. The Balaban J connectivity index is 4.86. The number of aliphatic hydroxyl groups excluding tert-OH is 3. The second kappa shape index (κ2) is 22.6. The highest BCUT2D eigenvalue weighted by molar-refractivity contribution is 5.82. The second-order valence-electron chi connectivity index (χ2n) is 11.2. The number of aliphatic hydroxyl groups is 3. The summed E-state index contributed by atoms with van der Waals surface area (Å²) in [5.41, 5.74) is 1.78. The van der Waals surface area contributed by atoms with Gasteiger partial charge in [0.2, 0.25) is 0 Å². The Bertz CT molecular complexity index is 829. The van der Waals surface area contributed by atoms with E-state index in [1.807, 2.05) is 44.2 Å². The molecule has 0 aromatic rings. The molecule has 0 aliphatic rings. The SMILES string of the molecule is CCCCC(OC(=O)/C=C/C(C)=C/C=C/C=C/C(C)=C/C(O)C(CO)CC(C)O)[C@@H](C)C/C=C/CCC(C)C. The van der Waals surface area contributed by atoms with Crippen LogP contribution in [0.5, 0.6) is 0 Å². The van der Waals surface area contributed by atoms with Crippen LogP contribution in [-0.4, -0.2) is 46.2 Å². The van der Waals surface area contributed by atoms with Crippen molar-refractivity contribution in [1.29, 1.82) is 0 Å². The zero-order valence-corrected chi connectivity index (χ0v) is 25.6. The fraction of sp³-hybridized carbons (Fsp3) is 0.618. The first-order valence-electron chi connectivity index (χ1n) is 14.7. The van der Waals surface area contributed by atoms with Gasteiger partial charge in [-0.2, -0.15) is 0 Å². The lowest BCUT2D eigenvalue weighted by molar-refractivity contribution is -0.145. The van der Waals surface area contributed by atoms with Crippen LogP contribution in [0.4, 0.5) is 0 Å². The molecule has 0 saturated carbocycles. The zero-order chi connectivity index (χ0) is 29.6. The molecular formula is C34H56O5. The van der Waals surface area contributed by atoms with Gasteiger partial charge in [-0.15, -0.1) is 0 Å². The number of carbonyl (C=O) groups excluding carboxylic acids is 1. The summed E-state index contributed by atoms with van der Waals surface area (Å²) < 4.78 is 5.83. The molecule has 0 heterocycles. The van der Waals surface area contributed by atoms with E-state index in [2.05, 4.69) is 39.8 Å². The molecule has 0 aliphatic carbocycles. The van der Waals surface area contributed by atoms with Crippen molar-refractivity contribution in [3.8, 4) is 0 Å². The van der Waals surface area contributed by atoms with Crippen LogP contribution in [0.1, 0.15) is 93.4 Å². The van der Waals surface area contributed by atoms with Crippen LogP contribution >= 0.6 is 0 Å². The van der Waals surface area contributed by atoms with Gasteiger partial charge in [0, 0.05) is 18.6 Å². The fourth-order valence-electron chi connectivity index (χ4n) is 4.02. The lowest BCUT2D eigenvalue weighted by Gasteiger charge is -2.22. The number of hydrogen-bond donors (Lipinski definition) is 3. The minimum atomic E-state index is -0.819. The average molecular weight is 545 g/mol. The fourth-order valence-corrected chi connectivity index (χ4v) is 4.02. The van der Waals surface area contributed by atoms with Gasteiger partial charge in [0.25, 0.3) is 0 Å². The van der Waals surface area contributed by atoms with Crippen molar-refractivity contribution >= 4 is 5.97 Å². The van der Waals surface area contributed by atoms with E-state index in [1.165, 1.54) is 12.5 Å². The minimum absolute atomic E-state index is 0.0827. The topological polar surface area (TPSA) is 87.0 Å². The average Bonchev–Trinajstić information content (AvgIpc) is 2.87. The van der Waals surface area contributed by atoms with Gasteiger partial charge in [-0.05, 0) is 64.7 Å². The van der Waals surface area contributed by atoms with Gasteiger partial charge in [-0.1, -0.05) is 106 Å². The van der Waals surface area contributed by atoms with Crippen LogP contribution in [0.3, 0.4) is 0 Å². The largest absolute Gasteiger partial charge is 0.459 e. The van der Waals surface area contributed by atoms with Gasteiger partial charge >= 0.3 is 5.97 Å². The van der Waals surface area contributed by atoms with E-state index in [0.29, 0.717) is 12.3 Å². The highest BCUT2D eigenvalue weighted by Gasteiger charge is 2.20. The smallest absolute Gasteiger partial charge is 0.331 e. The van der Waals surface area contributed by atoms with E-state index < -0.39 is 18.1 Å². The number of ether oxygens (including phenoxy) is 1. The molecule has 0 spiro atoms. The molecule has 4 unspecified atom stereocenters. The van der Waals surface area contributed by atoms with Crippen molar-refractivity contribution in [3.05, 3.63) is 71.9 Å². The van der Waals surface area contributed by atoms with Crippen LogP contribution in [0.15, 0.2) is 71.9 Å². The number of esters is 1. The molecule has 0 amide bonds. The zero-order valence-electron chi connectivity index (χ0n) is 25.6. The van der Waals surface area contributed by atoms with Gasteiger partial charge in [0.1, 0.15) is 6.10 Å². The number of hydrogen-bond acceptors (Lipinski definition) is 5. The molecule has 0 saturated heterocycles. The summed E-state index contributed by atoms with van der Waals surface area (Å²) in [6, 6.07) is 0. The second-order valence-corrected chi connectivity index (χ2v) is 11.2. The predicted octanol–water partition coefficient (Wildman–Crippen LogP) is 7.41. The molecule has 222 valence electrons. The monoisotopic (exact) mass is 544 g/mol. The van der Waals surface area contributed by atoms with Crippen LogP contribution in [0, 0.1) is 17.8 Å². The molecule has 0 aromatic carbocycles. The number of allylic oxidation sites excluding steroid dienone is 10. The normalized spacial score (nSPS) is 17.5. The first-order valence-corrected chi connectivity index (χ1v) is 14.7. The van der Waals surface area contributed by atoms with Crippen molar-refractivity contribution in [2.24, 2.45) is 17.8 Å². The molecular weight excluding hydrogens is 488 g/mol. The van der Waals surface area contributed by atoms with Crippen molar-refractivity contribution in [3.63, 3.8) is 0 Å². The summed E-state index contributed by atoms with van der Waals surface area (Å²) in [7, 11) is 0. The first-order chi connectivity index (χ1) is 18.5. The highest BCUT2D eigenvalue weighted by atomic mass is 16.5. The maximum atomic E-state index is 12.5. The van der Waals surface area contributed by atoms with Gasteiger partial charge in [0.05, 0.1) is 12.2 Å². The van der Waals surface area contributed by atoms with Crippen molar-refractivity contribution in [2.45, 2.75) is 112 Å². The summed E-state index contributed by atoms with van der Waals surface area (Å²) in [5, 5.41) is 29.2. The Morgan fingerprint density at radius 3 is 2.23 bits per heavy atom. The van der Waals surface area contributed by atoms with Crippen molar-refractivity contribution < 1.29 is 24.9 Å². The summed E-state index contributed by atoms with van der Waals surface area (Å²) in [5.74, 6) is 0.289. The van der Waals surface area contributed by atoms with E-state index in [1.54, 1.807) is 19.1 Å². The molecule has 5 heteroatoms. The molecule has 0 radical (unpaired) electrons. The summed E-state index contributed by atoms with van der Waals surface area (Å²) in [4.78, 5) is 12.5. The standard InChI is InChI=1S/C34H56O5/c1-8-9-20-33(29(6)19-15-10-12-16-26(2)3)39-34(38)22-21-27(4)17-13-11-14-18-28(5)23-32(37)31(25-35)24-30(7)36/h10-11,13-15,17-18,21-23,26,29-33,35-37H,8-9,12,16,19-20,24-25H2,1-7H3/b13-11+,15-10+,18-14+,22-21+,27-17+,28-23+/t29-,30?,31?,32?,33?/m0/s1. The Morgan fingerprint density at radius 1 is 0.897 bits per heavy atom. The van der Waals surface area contributed by atoms with Gasteiger partial charge in [0.15, 0.2) is 0 Å². The third-order valence-electron chi connectivity index (χ3n) is 6.55. The first kappa shape index (κ1) is 36.8. The number of rotatable bonds is 20. The molecule has 3 N–H and O–H groups in total. The summed E-state index contributed by atoms with van der Waals surface area (Å²) in [6.45, 7) is 14.0. The van der Waals surface area contributed by atoms with E-state index in [4.69, 9.17) is 4.74 Å². The highest BCUT2D eigenvalue weighted by Crippen LogP contribution is 2.20. The van der Waals surface area contributed by atoms with E-state index >= 15 is 0 Å². The van der Waals surface area contributed by atoms with Crippen molar-refractivity contribution in [2.75, 3.05) is 6.61 Å². The summed E-state index contributed by atoms with van der Waals surface area (Å²) >= 11 is 0. The summed E-state index contributed by atoms with van der Waals surface area (Å²) in [6.07, 6.45) is 23.9. The van der Waals surface area contributed by atoms with Gasteiger partial charge < -0.3 is 20.1 Å². The van der Waals surface area contributed by atoms with Crippen LogP contribution in [0.2, 0.25) is 0 Å². The Morgan fingerprint density at radius 2 is 1.62 bits per heavy atom. The lowest BCUT2D eigenvalue weighted by Crippen LogP contribution is -2.25. The Labute approximate surface area is 238 Å². The number of carbonyl (C=O) groups is 1. The van der Waals surface area contributed by atoms with E-state index in [9.17, 15) is 20.1 Å². The van der Waals surface area contributed by atoms with Crippen molar-refractivity contribution in [1.82, 2.24) is 0 Å². The molecule has 5 atom stereocenters. The van der Waals surface area contributed by atoms with Crippen LogP contribution < -0.4 is 0 Å². The molecule has 0 aliphatic heterocycles. The quantitative estimate of drug-likeness (QED) is 0.0643. The molecule has 0 fully saturated rings. The third-order valence-corrected chi connectivity index (χ3v) is 6.55. The number of unbranched alkanes of at least 4 members (excludes halogenated alkanes) is 1. The van der Waals surface area contributed by atoms with Crippen LogP contribution in [-0.2, 0) is 9.53 Å². The maximum absolute atomic E-state index is 12.5. The lowest BCUT2D eigenvalue weighted by atomic mass is 9.95. The molecule has 5 nitrogen and oxygen atoms in total. The van der Waals surface area contributed by atoms with E-state index in [0.717, 1.165) is 43.3 Å². The van der Waals surface area contributed by atoms with Gasteiger partial charge in [-0.3, -0.25) is 0 Å². The minimum Gasteiger partial charge on any atom is -0.459 e. The predicted molar refractivity (Wildman–Crippen MR) is 164 cm³/mol. The molecule has 0 rings (SSSR count). The van der Waals surface area contributed by atoms with E-state index in [-0.39, 0.29) is 24.6 Å². The molecule has 0 bridgehead atoms. The maximum Gasteiger partial charge on any atom is 0.331 e. The Hall–Kier alpha value is -2.21. The van der Waals surface area contributed by atoms with Gasteiger partial charge in [-0.25, -0.2) is 4.79 Å². The Kier molecular flexibility index (Phi) is 21.3. The molecule has 0 aromatic heterocycles.